The van der Waals surface area contributed by atoms with Crippen molar-refractivity contribution in [1.82, 2.24) is 4.31 Å². The topological polar surface area (TPSA) is 37.4 Å². The molecular weight excluding hydrogens is 318 g/mol. The lowest BCUT2D eigenvalue weighted by Crippen LogP contribution is -2.32. The van der Waals surface area contributed by atoms with Gasteiger partial charge in [0.2, 0.25) is 0 Å². The normalized spacial score (nSPS) is 23.5. The second-order valence-corrected chi connectivity index (χ2v) is 9.15. The summed E-state index contributed by atoms with van der Waals surface area (Å²) < 4.78 is 27.2. The van der Waals surface area contributed by atoms with Crippen LogP contribution in [0, 0.1) is 0 Å². The first-order valence-electron chi connectivity index (χ1n) is 4.40. The Kier molecular flexibility index (Phi) is 3.47. The van der Waals surface area contributed by atoms with Crippen LogP contribution in [0.4, 0.5) is 0 Å². The summed E-state index contributed by atoms with van der Waals surface area (Å²) in [6, 6.07) is 3.42. The lowest BCUT2D eigenvalue weighted by atomic mass is 10.7. The van der Waals surface area contributed by atoms with Crippen LogP contribution in [0.5, 0.6) is 0 Å². The molecule has 15 heavy (non-hydrogen) atoms. The summed E-state index contributed by atoms with van der Waals surface area (Å²) in [6.45, 7) is 2.54. The van der Waals surface area contributed by atoms with E-state index >= 15 is 0 Å². The van der Waals surface area contributed by atoms with Crippen molar-refractivity contribution in [2.75, 3.05) is 12.3 Å². The molecule has 1 unspecified atom stereocenters. The second-order valence-electron chi connectivity index (χ2n) is 3.14. The van der Waals surface area contributed by atoms with Crippen LogP contribution in [0.15, 0.2) is 20.1 Å². The van der Waals surface area contributed by atoms with Crippen molar-refractivity contribution in [1.29, 1.82) is 0 Å². The minimum atomic E-state index is -3.27. The zero-order valence-electron chi connectivity index (χ0n) is 8.01. The fourth-order valence-corrected chi connectivity index (χ4v) is 6.61. The van der Waals surface area contributed by atoms with Gasteiger partial charge in [-0.25, -0.2) is 8.42 Å². The van der Waals surface area contributed by atoms with Crippen LogP contribution in [0.3, 0.4) is 0 Å². The first-order valence-corrected chi connectivity index (χ1v) is 8.50. The fourth-order valence-electron chi connectivity index (χ4n) is 1.45. The molecule has 3 nitrogen and oxygen atoms in total. The molecule has 1 aromatic heterocycles. The van der Waals surface area contributed by atoms with Crippen LogP contribution < -0.4 is 0 Å². The average Bonchev–Trinajstić information content (AvgIpc) is 2.74. The van der Waals surface area contributed by atoms with Gasteiger partial charge < -0.3 is 0 Å². The lowest BCUT2D eigenvalue weighted by molar-refractivity contribution is 0.443. The molecular formula is C8H10BrNO2S3. The Bertz CT molecular complexity index is 456. The van der Waals surface area contributed by atoms with Crippen molar-refractivity contribution in [2.45, 2.75) is 16.5 Å². The van der Waals surface area contributed by atoms with Gasteiger partial charge >= 0.3 is 0 Å². The largest absolute Gasteiger partial charge is 0.253 e. The molecule has 84 valence electrons. The number of thioether (sulfide) groups is 1. The minimum Gasteiger partial charge on any atom is -0.206 e. The smallest absolute Gasteiger partial charge is 0.206 e. The lowest BCUT2D eigenvalue weighted by Gasteiger charge is -2.18. The number of sulfonamides is 1. The molecule has 0 aliphatic carbocycles. The summed E-state index contributed by atoms with van der Waals surface area (Å²) >= 11 is 6.21. The van der Waals surface area contributed by atoms with Crippen LogP contribution in [-0.2, 0) is 10.0 Å². The predicted octanol–water partition coefficient (Wildman–Crippen LogP) is 2.59. The van der Waals surface area contributed by atoms with Gasteiger partial charge in [0.15, 0.2) is 0 Å². The van der Waals surface area contributed by atoms with Crippen molar-refractivity contribution < 1.29 is 8.42 Å². The minimum absolute atomic E-state index is 0.0517. The van der Waals surface area contributed by atoms with Gasteiger partial charge in [-0.05, 0) is 35.0 Å². The Hall–Kier alpha value is 0.440. The molecule has 7 heteroatoms. The van der Waals surface area contributed by atoms with Crippen molar-refractivity contribution in [3.8, 4) is 0 Å². The summed E-state index contributed by atoms with van der Waals surface area (Å²) in [4.78, 5) is 0. The van der Waals surface area contributed by atoms with Gasteiger partial charge in [0, 0.05) is 12.3 Å². The van der Waals surface area contributed by atoms with Crippen LogP contribution in [-0.4, -0.2) is 30.4 Å². The van der Waals surface area contributed by atoms with E-state index in [4.69, 9.17) is 0 Å². The van der Waals surface area contributed by atoms with E-state index in [1.54, 1.807) is 28.2 Å². The molecule has 0 N–H and O–H groups in total. The highest BCUT2D eigenvalue weighted by Crippen LogP contribution is 2.33. The number of nitrogens with zero attached hydrogens (tertiary/aromatic N) is 1. The maximum absolute atomic E-state index is 12.2. The molecule has 0 amide bonds. The number of hydrogen-bond acceptors (Lipinski definition) is 4. The molecule has 1 aliphatic rings. The van der Waals surface area contributed by atoms with Crippen molar-refractivity contribution in [3.05, 3.63) is 15.9 Å². The molecule has 0 saturated carbocycles. The Morgan fingerprint density at radius 1 is 1.53 bits per heavy atom. The van der Waals surface area contributed by atoms with E-state index < -0.39 is 10.0 Å². The second kappa shape index (κ2) is 4.37. The molecule has 0 spiro atoms. The average molecular weight is 328 g/mol. The first-order chi connectivity index (χ1) is 7.01. The molecule has 1 fully saturated rings. The Balaban J connectivity index is 2.34. The third-order valence-corrected chi connectivity index (χ3v) is 7.54. The summed E-state index contributed by atoms with van der Waals surface area (Å²) in [5.41, 5.74) is 0. The molecule has 0 bridgehead atoms. The van der Waals surface area contributed by atoms with Crippen molar-refractivity contribution in [2.24, 2.45) is 0 Å². The number of rotatable bonds is 2. The highest BCUT2D eigenvalue weighted by Gasteiger charge is 2.33. The SMILES string of the molecule is CC1SCCN1S(=O)(=O)c1ccc(Br)s1. The standard InChI is InChI=1S/C8H10BrNO2S3/c1-6-10(4-5-13-6)15(11,12)8-3-2-7(9)14-8/h2-3,6H,4-5H2,1H3. The summed E-state index contributed by atoms with van der Waals surface area (Å²) in [7, 11) is -3.27. The molecule has 1 aliphatic heterocycles. The number of hydrogen-bond donors (Lipinski definition) is 0. The van der Waals surface area contributed by atoms with E-state index in [2.05, 4.69) is 15.9 Å². The summed E-state index contributed by atoms with van der Waals surface area (Å²) in [5, 5.41) is 0.0517. The summed E-state index contributed by atoms with van der Waals surface area (Å²) in [6.07, 6.45) is 0. The van der Waals surface area contributed by atoms with Crippen molar-refractivity contribution >= 4 is 49.1 Å². The van der Waals surface area contributed by atoms with E-state index in [0.717, 1.165) is 9.54 Å². The molecule has 0 aromatic carbocycles. The molecule has 1 saturated heterocycles. The third-order valence-electron chi connectivity index (χ3n) is 2.19. The van der Waals surface area contributed by atoms with Gasteiger partial charge in [0.05, 0.1) is 9.16 Å². The Morgan fingerprint density at radius 3 is 2.73 bits per heavy atom. The third kappa shape index (κ3) is 2.26. The van der Waals surface area contributed by atoms with Crippen LogP contribution >= 0.6 is 39.0 Å². The van der Waals surface area contributed by atoms with Gasteiger partial charge in [-0.3, -0.25) is 0 Å². The maximum Gasteiger partial charge on any atom is 0.253 e. The van der Waals surface area contributed by atoms with Crippen LogP contribution in [0.1, 0.15) is 6.92 Å². The van der Waals surface area contributed by atoms with Gasteiger partial charge in [0.1, 0.15) is 4.21 Å². The fraction of sp³-hybridized carbons (Fsp3) is 0.500. The van der Waals surface area contributed by atoms with E-state index in [0.29, 0.717) is 10.8 Å². The van der Waals surface area contributed by atoms with Gasteiger partial charge in [-0.15, -0.1) is 23.1 Å². The van der Waals surface area contributed by atoms with E-state index in [-0.39, 0.29) is 5.37 Å². The molecule has 2 rings (SSSR count). The zero-order valence-corrected chi connectivity index (χ0v) is 12.0. The number of halogens is 1. The van der Waals surface area contributed by atoms with Gasteiger partial charge in [0.25, 0.3) is 10.0 Å². The maximum atomic E-state index is 12.2. The molecule has 1 atom stereocenters. The van der Waals surface area contributed by atoms with Crippen LogP contribution in [0.2, 0.25) is 0 Å². The van der Waals surface area contributed by atoms with E-state index in [9.17, 15) is 8.42 Å². The molecule has 0 radical (unpaired) electrons. The highest BCUT2D eigenvalue weighted by atomic mass is 79.9. The summed E-state index contributed by atoms with van der Waals surface area (Å²) in [5.74, 6) is 0.882. The Labute approximate surface area is 106 Å². The zero-order chi connectivity index (χ0) is 11.1. The number of thiophene rings is 1. The van der Waals surface area contributed by atoms with Crippen molar-refractivity contribution in [3.63, 3.8) is 0 Å². The quantitative estimate of drug-likeness (QED) is 0.837. The Morgan fingerprint density at radius 2 is 2.27 bits per heavy atom. The monoisotopic (exact) mass is 327 g/mol. The highest BCUT2D eigenvalue weighted by molar-refractivity contribution is 9.11. The van der Waals surface area contributed by atoms with Gasteiger partial charge in [-0.1, -0.05) is 0 Å². The predicted molar refractivity (Wildman–Crippen MR) is 67.8 cm³/mol. The molecule has 2 heterocycles. The van der Waals surface area contributed by atoms with Crippen LogP contribution in [0.25, 0.3) is 0 Å². The van der Waals surface area contributed by atoms with Gasteiger partial charge in [-0.2, -0.15) is 4.31 Å². The molecule has 1 aromatic rings. The first kappa shape index (κ1) is 11.9. The van der Waals surface area contributed by atoms with E-state index in [1.165, 1.54) is 11.3 Å². The van der Waals surface area contributed by atoms with E-state index in [1.807, 2.05) is 6.92 Å².